The Labute approximate surface area is 135 Å². The summed E-state index contributed by atoms with van der Waals surface area (Å²) in [6, 6.07) is 4.90. The number of aromatic nitrogens is 1. The molecule has 8 heteroatoms. The van der Waals surface area contributed by atoms with Crippen LogP contribution in [-0.4, -0.2) is 22.6 Å². The first kappa shape index (κ1) is 17.4. The Balaban J connectivity index is 1.90. The molecule has 4 nitrogen and oxygen atoms in total. The standard InChI is InChI=1S/C15H15F3N2O2S/c16-15(17,18)11-5-3-10(4-6-11)14-20-12(9-23-14)8-19-7-1-2-13(21)22/h3-6,9,19H,1-2,7-8H2,(H,21,22). The van der Waals surface area contributed by atoms with Gasteiger partial charge in [-0.3, -0.25) is 4.79 Å². The highest BCUT2D eigenvalue weighted by Crippen LogP contribution is 2.31. The van der Waals surface area contributed by atoms with Crippen LogP contribution in [0.1, 0.15) is 24.1 Å². The smallest absolute Gasteiger partial charge is 0.416 e. The lowest BCUT2D eigenvalue weighted by Crippen LogP contribution is -2.15. The Hall–Kier alpha value is -1.93. The minimum absolute atomic E-state index is 0.112. The van der Waals surface area contributed by atoms with Crippen molar-refractivity contribution in [1.82, 2.24) is 10.3 Å². The second kappa shape index (κ2) is 7.56. The fraction of sp³-hybridized carbons (Fsp3) is 0.333. The number of alkyl halides is 3. The summed E-state index contributed by atoms with van der Waals surface area (Å²) < 4.78 is 37.6. The fourth-order valence-corrected chi connectivity index (χ4v) is 2.73. The molecule has 0 saturated carbocycles. The second-order valence-corrected chi connectivity index (χ2v) is 5.75. The molecule has 0 aliphatic rings. The molecule has 0 fully saturated rings. The van der Waals surface area contributed by atoms with Crippen LogP contribution in [0.25, 0.3) is 10.6 Å². The Bertz CT molecular complexity index is 653. The van der Waals surface area contributed by atoms with Crippen LogP contribution < -0.4 is 5.32 Å². The molecule has 0 unspecified atom stereocenters. The number of hydrogen-bond donors (Lipinski definition) is 2. The molecule has 0 radical (unpaired) electrons. The van der Waals surface area contributed by atoms with Crippen LogP contribution in [0.4, 0.5) is 13.2 Å². The van der Waals surface area contributed by atoms with Gasteiger partial charge in [-0.05, 0) is 25.1 Å². The molecule has 2 aromatic rings. The van der Waals surface area contributed by atoms with Crippen molar-refractivity contribution in [3.05, 3.63) is 40.9 Å². The van der Waals surface area contributed by atoms with Crippen molar-refractivity contribution in [2.24, 2.45) is 0 Å². The summed E-state index contributed by atoms with van der Waals surface area (Å²) >= 11 is 1.36. The summed E-state index contributed by atoms with van der Waals surface area (Å²) in [5.74, 6) is -0.829. The summed E-state index contributed by atoms with van der Waals surface area (Å²) in [7, 11) is 0. The van der Waals surface area contributed by atoms with E-state index >= 15 is 0 Å². The molecule has 1 heterocycles. The van der Waals surface area contributed by atoms with Crippen molar-refractivity contribution in [3.63, 3.8) is 0 Å². The van der Waals surface area contributed by atoms with E-state index in [-0.39, 0.29) is 6.42 Å². The number of nitrogens with zero attached hydrogens (tertiary/aromatic N) is 1. The number of carboxylic acids is 1. The van der Waals surface area contributed by atoms with Gasteiger partial charge in [0.1, 0.15) is 5.01 Å². The lowest BCUT2D eigenvalue weighted by Gasteiger charge is -2.06. The highest BCUT2D eigenvalue weighted by atomic mass is 32.1. The highest BCUT2D eigenvalue weighted by molar-refractivity contribution is 7.13. The monoisotopic (exact) mass is 344 g/mol. The first-order valence-corrected chi connectivity index (χ1v) is 7.79. The molecule has 1 aromatic heterocycles. The minimum atomic E-state index is -4.34. The van der Waals surface area contributed by atoms with Gasteiger partial charge in [0.25, 0.3) is 0 Å². The van der Waals surface area contributed by atoms with E-state index < -0.39 is 17.7 Å². The van der Waals surface area contributed by atoms with E-state index in [1.807, 2.05) is 5.38 Å². The number of thiazole rings is 1. The summed E-state index contributed by atoms with van der Waals surface area (Å²) in [5, 5.41) is 14.1. The number of carboxylic acid groups (broad SMARTS) is 1. The number of aliphatic carboxylic acids is 1. The number of benzene rings is 1. The third kappa shape index (κ3) is 5.33. The predicted molar refractivity (Wildman–Crippen MR) is 81.1 cm³/mol. The summed E-state index contributed by atoms with van der Waals surface area (Å²) in [5.41, 5.74) is 0.735. The number of halogens is 3. The normalized spacial score (nSPS) is 11.6. The number of carbonyl (C=O) groups is 1. The predicted octanol–water partition coefficient (Wildman–Crippen LogP) is 3.78. The molecule has 124 valence electrons. The SMILES string of the molecule is O=C(O)CCCNCc1csc(-c2ccc(C(F)(F)F)cc2)n1. The Kier molecular flexibility index (Phi) is 5.73. The summed E-state index contributed by atoms with van der Waals surface area (Å²) in [4.78, 5) is 14.7. The number of rotatable bonds is 7. The number of hydrogen-bond acceptors (Lipinski definition) is 4. The van der Waals surface area contributed by atoms with Crippen LogP contribution in [0, 0.1) is 0 Å². The van der Waals surface area contributed by atoms with Crippen molar-refractivity contribution in [3.8, 4) is 10.6 Å². The maximum Gasteiger partial charge on any atom is 0.416 e. The maximum absolute atomic E-state index is 12.5. The first-order chi connectivity index (χ1) is 10.9. The molecule has 2 N–H and O–H groups in total. The molecule has 2 rings (SSSR count). The zero-order valence-electron chi connectivity index (χ0n) is 12.1. The third-order valence-corrected chi connectivity index (χ3v) is 4.00. The van der Waals surface area contributed by atoms with Crippen molar-refractivity contribution in [1.29, 1.82) is 0 Å². The molecular weight excluding hydrogens is 329 g/mol. The maximum atomic E-state index is 12.5. The van der Waals surface area contributed by atoms with Crippen LogP contribution >= 0.6 is 11.3 Å². The van der Waals surface area contributed by atoms with Gasteiger partial charge in [0.15, 0.2) is 0 Å². The molecular formula is C15H15F3N2O2S. The average molecular weight is 344 g/mol. The minimum Gasteiger partial charge on any atom is -0.481 e. The van der Waals surface area contributed by atoms with Gasteiger partial charge in [0.05, 0.1) is 11.3 Å². The van der Waals surface area contributed by atoms with Crippen LogP contribution in [0.15, 0.2) is 29.6 Å². The van der Waals surface area contributed by atoms with E-state index in [1.165, 1.54) is 23.5 Å². The molecule has 1 aromatic carbocycles. The Morgan fingerprint density at radius 1 is 1.26 bits per heavy atom. The molecule has 0 amide bonds. The quantitative estimate of drug-likeness (QED) is 0.751. The van der Waals surface area contributed by atoms with Crippen molar-refractivity contribution in [2.45, 2.75) is 25.6 Å². The average Bonchev–Trinajstić information content (AvgIpc) is 2.95. The summed E-state index contributed by atoms with van der Waals surface area (Å²) in [6.45, 7) is 1.07. The van der Waals surface area contributed by atoms with Crippen LogP contribution in [0.2, 0.25) is 0 Å². The van der Waals surface area contributed by atoms with E-state index in [9.17, 15) is 18.0 Å². The van der Waals surface area contributed by atoms with Gasteiger partial charge >= 0.3 is 12.1 Å². The van der Waals surface area contributed by atoms with Crippen LogP contribution in [0.5, 0.6) is 0 Å². The summed E-state index contributed by atoms with van der Waals surface area (Å²) in [6.07, 6.45) is -3.70. The van der Waals surface area contributed by atoms with Gasteiger partial charge in [-0.15, -0.1) is 11.3 Å². The molecule has 0 spiro atoms. The molecule has 0 bridgehead atoms. The molecule has 23 heavy (non-hydrogen) atoms. The lowest BCUT2D eigenvalue weighted by atomic mass is 10.1. The Morgan fingerprint density at radius 2 is 1.96 bits per heavy atom. The molecule has 0 aliphatic carbocycles. The zero-order valence-corrected chi connectivity index (χ0v) is 12.9. The lowest BCUT2D eigenvalue weighted by molar-refractivity contribution is -0.138. The van der Waals surface area contributed by atoms with Crippen molar-refractivity contribution in [2.75, 3.05) is 6.54 Å². The van der Waals surface area contributed by atoms with E-state index in [4.69, 9.17) is 5.11 Å². The van der Waals surface area contributed by atoms with E-state index in [0.717, 1.165) is 17.8 Å². The van der Waals surface area contributed by atoms with Gasteiger partial charge in [-0.25, -0.2) is 4.98 Å². The largest absolute Gasteiger partial charge is 0.481 e. The molecule has 0 saturated heterocycles. The Morgan fingerprint density at radius 3 is 2.57 bits per heavy atom. The van der Waals surface area contributed by atoms with Gasteiger partial charge in [-0.2, -0.15) is 13.2 Å². The first-order valence-electron chi connectivity index (χ1n) is 6.91. The van der Waals surface area contributed by atoms with E-state index in [1.54, 1.807) is 0 Å². The molecule has 0 atom stereocenters. The molecule has 0 aliphatic heterocycles. The zero-order chi connectivity index (χ0) is 16.9. The highest BCUT2D eigenvalue weighted by Gasteiger charge is 2.30. The fourth-order valence-electron chi connectivity index (χ4n) is 1.90. The van der Waals surface area contributed by atoms with Crippen LogP contribution in [0.3, 0.4) is 0 Å². The van der Waals surface area contributed by atoms with E-state index in [2.05, 4.69) is 10.3 Å². The van der Waals surface area contributed by atoms with Gasteiger partial charge < -0.3 is 10.4 Å². The van der Waals surface area contributed by atoms with E-state index in [0.29, 0.717) is 30.1 Å². The second-order valence-electron chi connectivity index (χ2n) is 4.89. The van der Waals surface area contributed by atoms with Gasteiger partial charge in [-0.1, -0.05) is 12.1 Å². The van der Waals surface area contributed by atoms with Gasteiger partial charge in [0.2, 0.25) is 0 Å². The number of nitrogens with one attached hydrogen (secondary N) is 1. The van der Waals surface area contributed by atoms with Crippen molar-refractivity contribution >= 4 is 17.3 Å². The van der Waals surface area contributed by atoms with Gasteiger partial charge in [0, 0.05) is 23.9 Å². The van der Waals surface area contributed by atoms with Crippen molar-refractivity contribution < 1.29 is 23.1 Å². The third-order valence-electron chi connectivity index (χ3n) is 3.06. The topological polar surface area (TPSA) is 62.2 Å². The van der Waals surface area contributed by atoms with Crippen LogP contribution in [-0.2, 0) is 17.5 Å².